The van der Waals surface area contributed by atoms with Crippen molar-refractivity contribution in [2.24, 2.45) is 4.99 Å². The molecule has 1 amide bonds. The molecule has 156 valence electrons. The number of carbonyl (C=O) groups is 1. The second kappa shape index (κ2) is 10.9. The zero-order valence-electron chi connectivity index (χ0n) is 17.9. The molecule has 1 aliphatic heterocycles. The van der Waals surface area contributed by atoms with Crippen LogP contribution >= 0.6 is 0 Å². The third kappa shape index (κ3) is 6.12. The number of carbonyl (C=O) groups excluding carboxylic acids is 1. The molecule has 2 rings (SSSR count). The Bertz CT molecular complexity index is 641. The molecule has 1 heterocycles. The highest BCUT2D eigenvalue weighted by Gasteiger charge is 2.28. The maximum Gasteiger partial charge on any atom is 0.241 e. The number of nitrogens with one attached hydrogen (secondary N) is 1. The molecule has 0 saturated carbocycles. The Balaban J connectivity index is 2.08. The lowest BCUT2D eigenvalue weighted by Crippen LogP contribution is -2.46. The molecular weight excluding hydrogens is 354 g/mol. The molecule has 1 fully saturated rings. The number of ether oxygens (including phenoxy) is 1. The van der Waals surface area contributed by atoms with Gasteiger partial charge in [0, 0.05) is 33.2 Å². The lowest BCUT2D eigenvalue weighted by atomic mass is 10.2. The molecule has 0 aliphatic carbocycles. The van der Waals surface area contributed by atoms with E-state index in [0.717, 1.165) is 49.9 Å². The average Bonchev–Trinajstić information content (AvgIpc) is 3.18. The highest BCUT2D eigenvalue weighted by Crippen LogP contribution is 2.16. The van der Waals surface area contributed by atoms with Gasteiger partial charge in [-0.2, -0.15) is 0 Å². The minimum atomic E-state index is 0.0386. The minimum absolute atomic E-state index is 0.0386. The largest absolute Gasteiger partial charge is 0.497 e. The third-order valence-corrected chi connectivity index (χ3v) is 5.26. The van der Waals surface area contributed by atoms with Crippen LogP contribution in [0.25, 0.3) is 0 Å². The Morgan fingerprint density at radius 2 is 1.93 bits per heavy atom. The van der Waals surface area contributed by atoms with Crippen LogP contribution in [0.3, 0.4) is 0 Å². The Labute approximate surface area is 169 Å². The van der Waals surface area contributed by atoms with Crippen LogP contribution in [0.15, 0.2) is 29.3 Å². The van der Waals surface area contributed by atoms with Crippen molar-refractivity contribution >= 4 is 11.9 Å². The summed E-state index contributed by atoms with van der Waals surface area (Å²) < 4.78 is 5.22. The highest BCUT2D eigenvalue weighted by molar-refractivity contribution is 5.86. The van der Waals surface area contributed by atoms with E-state index in [9.17, 15) is 4.79 Å². The summed E-state index contributed by atoms with van der Waals surface area (Å²) in [5.74, 6) is 1.68. The number of aliphatic imine (C=N–C) groups is 1. The number of hydrogen-bond acceptors (Lipinski definition) is 4. The predicted molar refractivity (Wildman–Crippen MR) is 114 cm³/mol. The average molecular weight is 390 g/mol. The van der Waals surface area contributed by atoms with Gasteiger partial charge < -0.3 is 19.9 Å². The van der Waals surface area contributed by atoms with Crippen LogP contribution in [0.4, 0.5) is 0 Å². The molecule has 1 aromatic carbocycles. The molecule has 0 aromatic heterocycles. The fourth-order valence-corrected chi connectivity index (χ4v) is 3.45. The van der Waals surface area contributed by atoms with Crippen LogP contribution < -0.4 is 10.1 Å². The fraction of sp³-hybridized carbons (Fsp3) is 0.619. The maximum atomic E-state index is 12.0. The molecule has 1 N–H and O–H groups in total. The molecule has 0 radical (unpaired) electrons. The van der Waals surface area contributed by atoms with Crippen molar-refractivity contribution in [1.29, 1.82) is 0 Å². The summed E-state index contributed by atoms with van der Waals surface area (Å²) in [5.41, 5.74) is 1.11. The number of likely N-dealkylation sites (tertiary alicyclic amines) is 1. The van der Waals surface area contributed by atoms with Crippen LogP contribution in [0.1, 0.15) is 25.8 Å². The van der Waals surface area contributed by atoms with Crippen molar-refractivity contribution in [3.8, 4) is 5.75 Å². The van der Waals surface area contributed by atoms with E-state index >= 15 is 0 Å². The van der Waals surface area contributed by atoms with Gasteiger partial charge in [0.2, 0.25) is 5.91 Å². The van der Waals surface area contributed by atoms with Gasteiger partial charge in [0.25, 0.3) is 0 Å². The van der Waals surface area contributed by atoms with Crippen molar-refractivity contribution in [2.75, 3.05) is 53.9 Å². The predicted octanol–water partition coefficient (Wildman–Crippen LogP) is 1.65. The summed E-state index contributed by atoms with van der Waals surface area (Å²) in [6, 6.07) is 8.47. The second-order valence-electron chi connectivity index (χ2n) is 7.24. The molecule has 7 heteroatoms. The number of amides is 1. The summed E-state index contributed by atoms with van der Waals surface area (Å²) in [6.07, 6.45) is 1.12. The Morgan fingerprint density at radius 3 is 2.50 bits per heavy atom. The van der Waals surface area contributed by atoms with Crippen molar-refractivity contribution in [3.63, 3.8) is 0 Å². The van der Waals surface area contributed by atoms with Gasteiger partial charge in [-0.1, -0.05) is 26.0 Å². The van der Waals surface area contributed by atoms with Crippen molar-refractivity contribution in [1.82, 2.24) is 20.0 Å². The number of methoxy groups -OCH3 is 1. The first-order valence-electron chi connectivity index (χ1n) is 10.1. The first kappa shape index (κ1) is 22.0. The number of benzene rings is 1. The van der Waals surface area contributed by atoms with E-state index in [2.05, 4.69) is 29.0 Å². The maximum absolute atomic E-state index is 12.0. The van der Waals surface area contributed by atoms with Crippen molar-refractivity contribution in [2.45, 2.75) is 32.9 Å². The molecule has 1 unspecified atom stereocenters. The fourth-order valence-electron chi connectivity index (χ4n) is 3.45. The number of hydrogen-bond donors (Lipinski definition) is 1. The second-order valence-corrected chi connectivity index (χ2v) is 7.24. The van der Waals surface area contributed by atoms with Crippen LogP contribution in [-0.4, -0.2) is 86.5 Å². The van der Waals surface area contributed by atoms with Crippen LogP contribution in [0, 0.1) is 0 Å². The van der Waals surface area contributed by atoms with Crippen molar-refractivity contribution < 1.29 is 9.53 Å². The number of rotatable bonds is 8. The Morgan fingerprint density at radius 1 is 1.25 bits per heavy atom. The topological polar surface area (TPSA) is 60.4 Å². The zero-order valence-corrected chi connectivity index (χ0v) is 17.9. The van der Waals surface area contributed by atoms with Crippen molar-refractivity contribution in [3.05, 3.63) is 29.8 Å². The lowest BCUT2D eigenvalue weighted by Gasteiger charge is -2.27. The Hall–Kier alpha value is -2.28. The minimum Gasteiger partial charge on any atom is -0.497 e. The van der Waals surface area contributed by atoms with Crippen LogP contribution in [-0.2, 0) is 11.3 Å². The third-order valence-electron chi connectivity index (χ3n) is 5.26. The highest BCUT2D eigenvalue weighted by atomic mass is 16.5. The molecule has 7 nitrogen and oxygen atoms in total. The summed E-state index contributed by atoms with van der Waals surface area (Å²) in [5, 5.41) is 3.27. The molecule has 28 heavy (non-hydrogen) atoms. The first-order chi connectivity index (χ1) is 13.5. The van der Waals surface area contributed by atoms with Gasteiger partial charge in [-0.3, -0.25) is 9.69 Å². The van der Waals surface area contributed by atoms with Gasteiger partial charge in [-0.25, -0.2) is 4.99 Å². The van der Waals surface area contributed by atoms with Gasteiger partial charge in [0.15, 0.2) is 5.96 Å². The number of guanidine groups is 1. The molecule has 1 aromatic rings. The van der Waals surface area contributed by atoms with E-state index in [1.165, 1.54) is 0 Å². The van der Waals surface area contributed by atoms with Crippen LogP contribution in [0.5, 0.6) is 5.75 Å². The van der Waals surface area contributed by atoms with Gasteiger partial charge >= 0.3 is 0 Å². The number of likely N-dealkylation sites (N-methyl/N-ethyl adjacent to an activating group) is 2. The van der Waals surface area contributed by atoms with E-state index in [4.69, 9.17) is 9.73 Å². The number of nitrogens with zero attached hydrogens (tertiary/aromatic N) is 4. The van der Waals surface area contributed by atoms with E-state index in [1.807, 2.05) is 24.3 Å². The molecular formula is C21H35N5O2. The van der Waals surface area contributed by atoms with Gasteiger partial charge in [0.1, 0.15) is 5.75 Å². The quantitative estimate of drug-likeness (QED) is 0.541. The van der Waals surface area contributed by atoms with E-state index in [1.54, 1.807) is 26.1 Å². The van der Waals surface area contributed by atoms with Gasteiger partial charge in [0.05, 0.1) is 20.2 Å². The van der Waals surface area contributed by atoms with Gasteiger partial charge in [-0.05, 0) is 37.2 Å². The zero-order chi connectivity index (χ0) is 20.5. The van der Waals surface area contributed by atoms with E-state index < -0.39 is 0 Å². The van der Waals surface area contributed by atoms with E-state index in [-0.39, 0.29) is 12.5 Å². The standard InChI is InChI=1S/C21H35N5O2/c1-6-25(7-2)18-12-13-26(16-18)21(23-15-20(27)24(3)4)22-14-17-8-10-19(28-5)11-9-17/h8-11,18H,6-7,12-16H2,1-5H3,(H,22,23). The van der Waals surface area contributed by atoms with E-state index in [0.29, 0.717) is 12.6 Å². The molecule has 1 atom stereocenters. The van der Waals surface area contributed by atoms with Crippen LogP contribution in [0.2, 0.25) is 0 Å². The summed E-state index contributed by atoms with van der Waals surface area (Å²) in [4.78, 5) is 23.2. The summed E-state index contributed by atoms with van der Waals surface area (Å²) >= 11 is 0. The molecule has 1 aliphatic rings. The first-order valence-corrected chi connectivity index (χ1v) is 10.1. The SMILES string of the molecule is CCN(CC)C1CCN(C(=NCc2ccc(OC)cc2)NCC(=O)N(C)C)C1. The lowest BCUT2D eigenvalue weighted by molar-refractivity contribution is -0.127. The summed E-state index contributed by atoms with van der Waals surface area (Å²) in [7, 11) is 5.20. The van der Waals surface area contributed by atoms with Gasteiger partial charge in [-0.15, -0.1) is 0 Å². The normalized spacial score (nSPS) is 17.1. The monoisotopic (exact) mass is 389 g/mol. The Kier molecular flexibility index (Phi) is 8.57. The smallest absolute Gasteiger partial charge is 0.241 e. The molecule has 1 saturated heterocycles. The molecule has 0 bridgehead atoms. The molecule has 0 spiro atoms. The summed E-state index contributed by atoms with van der Waals surface area (Å²) in [6.45, 7) is 9.23.